The molecule has 0 amide bonds. The first-order chi connectivity index (χ1) is 8.72. The SMILES string of the molecule is CCNc1ncc(F)c(Sc2nc(CC)ns2)n1. The minimum Gasteiger partial charge on any atom is -0.354 e. The van der Waals surface area contributed by atoms with Crippen molar-refractivity contribution in [3.8, 4) is 0 Å². The Balaban J connectivity index is 2.19. The second-order valence-electron chi connectivity index (χ2n) is 3.31. The van der Waals surface area contributed by atoms with E-state index in [1.54, 1.807) is 0 Å². The van der Waals surface area contributed by atoms with Crippen LogP contribution in [0.4, 0.5) is 10.3 Å². The van der Waals surface area contributed by atoms with E-state index in [0.717, 1.165) is 18.4 Å². The molecule has 0 aromatic carbocycles. The lowest BCUT2D eigenvalue weighted by Gasteiger charge is -2.03. The fraction of sp³-hybridized carbons (Fsp3) is 0.400. The molecule has 2 aromatic heterocycles. The van der Waals surface area contributed by atoms with Gasteiger partial charge in [-0.2, -0.15) is 4.37 Å². The van der Waals surface area contributed by atoms with E-state index < -0.39 is 5.82 Å². The minimum absolute atomic E-state index is 0.264. The first-order valence-electron chi connectivity index (χ1n) is 5.49. The predicted molar refractivity (Wildman–Crippen MR) is 69.6 cm³/mol. The molecule has 0 bridgehead atoms. The second-order valence-corrected chi connectivity index (χ2v) is 5.30. The van der Waals surface area contributed by atoms with Crippen molar-refractivity contribution in [3.05, 3.63) is 17.8 Å². The van der Waals surface area contributed by atoms with E-state index >= 15 is 0 Å². The summed E-state index contributed by atoms with van der Waals surface area (Å²) in [5.41, 5.74) is 0. The van der Waals surface area contributed by atoms with E-state index in [1.807, 2.05) is 13.8 Å². The summed E-state index contributed by atoms with van der Waals surface area (Å²) in [7, 11) is 0. The summed E-state index contributed by atoms with van der Waals surface area (Å²) in [6, 6.07) is 0. The zero-order valence-electron chi connectivity index (χ0n) is 9.97. The van der Waals surface area contributed by atoms with Crippen LogP contribution in [0.1, 0.15) is 19.7 Å². The Morgan fingerprint density at radius 1 is 1.39 bits per heavy atom. The molecular formula is C10H12FN5S2. The Kier molecular flexibility index (Phi) is 4.43. The number of hydrogen-bond acceptors (Lipinski definition) is 7. The summed E-state index contributed by atoms with van der Waals surface area (Å²) in [6.07, 6.45) is 1.93. The van der Waals surface area contributed by atoms with Crippen molar-refractivity contribution in [2.24, 2.45) is 0 Å². The van der Waals surface area contributed by atoms with E-state index in [4.69, 9.17) is 0 Å². The molecule has 18 heavy (non-hydrogen) atoms. The highest BCUT2D eigenvalue weighted by Crippen LogP contribution is 2.29. The average Bonchev–Trinajstić information content (AvgIpc) is 2.81. The van der Waals surface area contributed by atoms with Gasteiger partial charge in [-0.15, -0.1) is 0 Å². The average molecular weight is 285 g/mol. The van der Waals surface area contributed by atoms with E-state index in [0.29, 0.717) is 16.8 Å². The molecule has 96 valence electrons. The quantitative estimate of drug-likeness (QED) is 0.852. The molecule has 8 heteroatoms. The van der Waals surface area contributed by atoms with Crippen molar-refractivity contribution in [2.45, 2.75) is 29.6 Å². The summed E-state index contributed by atoms with van der Waals surface area (Å²) in [4.78, 5) is 12.2. The number of aryl methyl sites for hydroxylation is 1. The summed E-state index contributed by atoms with van der Waals surface area (Å²) < 4.78 is 18.4. The Morgan fingerprint density at radius 2 is 2.22 bits per heavy atom. The molecule has 1 N–H and O–H groups in total. The summed E-state index contributed by atoms with van der Waals surface area (Å²) in [6.45, 7) is 4.59. The molecule has 0 radical (unpaired) electrons. The minimum atomic E-state index is -0.449. The van der Waals surface area contributed by atoms with Crippen molar-refractivity contribution in [2.75, 3.05) is 11.9 Å². The number of halogens is 1. The zero-order chi connectivity index (χ0) is 13.0. The lowest BCUT2D eigenvalue weighted by Crippen LogP contribution is -2.03. The number of aromatic nitrogens is 4. The predicted octanol–water partition coefficient (Wildman–Crippen LogP) is 2.61. The van der Waals surface area contributed by atoms with E-state index in [9.17, 15) is 4.39 Å². The van der Waals surface area contributed by atoms with Crippen LogP contribution in [0.25, 0.3) is 0 Å². The molecule has 2 aromatic rings. The zero-order valence-corrected chi connectivity index (χ0v) is 11.6. The molecule has 5 nitrogen and oxygen atoms in total. The van der Waals surface area contributed by atoms with Gasteiger partial charge in [0.2, 0.25) is 5.95 Å². The van der Waals surface area contributed by atoms with Gasteiger partial charge < -0.3 is 5.32 Å². The molecule has 0 aliphatic carbocycles. The highest BCUT2D eigenvalue weighted by atomic mass is 32.2. The van der Waals surface area contributed by atoms with Gasteiger partial charge >= 0.3 is 0 Å². The van der Waals surface area contributed by atoms with Crippen LogP contribution in [0.5, 0.6) is 0 Å². The maximum atomic E-state index is 13.6. The van der Waals surface area contributed by atoms with Crippen LogP contribution in [0.3, 0.4) is 0 Å². The van der Waals surface area contributed by atoms with Crippen LogP contribution in [-0.2, 0) is 6.42 Å². The van der Waals surface area contributed by atoms with Crippen LogP contribution < -0.4 is 5.32 Å². The Bertz CT molecular complexity index is 531. The van der Waals surface area contributed by atoms with Gasteiger partial charge in [-0.3, -0.25) is 0 Å². The number of nitrogens with one attached hydrogen (secondary N) is 1. The van der Waals surface area contributed by atoms with Crippen LogP contribution in [-0.4, -0.2) is 25.9 Å². The molecule has 2 heterocycles. The van der Waals surface area contributed by atoms with Crippen LogP contribution >= 0.6 is 23.3 Å². The Morgan fingerprint density at radius 3 is 2.89 bits per heavy atom. The van der Waals surface area contributed by atoms with E-state index in [1.165, 1.54) is 23.3 Å². The summed E-state index contributed by atoms with van der Waals surface area (Å²) in [5.74, 6) is 0.736. The fourth-order valence-corrected chi connectivity index (χ4v) is 2.77. The van der Waals surface area contributed by atoms with Crippen molar-refractivity contribution in [1.29, 1.82) is 0 Å². The third kappa shape index (κ3) is 3.14. The van der Waals surface area contributed by atoms with Gasteiger partial charge in [0.05, 0.1) is 6.20 Å². The number of rotatable bonds is 5. The second kappa shape index (κ2) is 6.05. The van der Waals surface area contributed by atoms with Crippen LogP contribution in [0.2, 0.25) is 0 Å². The molecular weight excluding hydrogens is 273 g/mol. The van der Waals surface area contributed by atoms with Gasteiger partial charge in [0, 0.05) is 13.0 Å². The maximum Gasteiger partial charge on any atom is 0.223 e. The molecule has 0 fully saturated rings. The van der Waals surface area contributed by atoms with Crippen molar-refractivity contribution < 1.29 is 4.39 Å². The van der Waals surface area contributed by atoms with Crippen molar-refractivity contribution >= 4 is 29.2 Å². The Hall–Kier alpha value is -1.28. The van der Waals surface area contributed by atoms with Gasteiger partial charge in [0.1, 0.15) is 10.9 Å². The molecule has 2 rings (SSSR count). The first-order valence-corrected chi connectivity index (χ1v) is 7.08. The highest BCUT2D eigenvalue weighted by molar-refractivity contribution is 8.00. The molecule has 0 saturated heterocycles. The van der Waals surface area contributed by atoms with Gasteiger partial charge in [-0.1, -0.05) is 6.92 Å². The van der Waals surface area contributed by atoms with Gasteiger partial charge in [0.15, 0.2) is 10.2 Å². The largest absolute Gasteiger partial charge is 0.354 e. The molecule has 0 atom stereocenters. The third-order valence-corrected chi connectivity index (χ3v) is 3.77. The molecule has 0 spiro atoms. The topological polar surface area (TPSA) is 63.6 Å². The fourth-order valence-electron chi connectivity index (χ4n) is 1.17. The van der Waals surface area contributed by atoms with Gasteiger partial charge in [-0.25, -0.2) is 19.3 Å². The van der Waals surface area contributed by atoms with Crippen LogP contribution in [0.15, 0.2) is 15.6 Å². The first kappa shape index (κ1) is 13.2. The lowest BCUT2D eigenvalue weighted by molar-refractivity contribution is 0.580. The molecule has 0 saturated carbocycles. The monoisotopic (exact) mass is 285 g/mol. The molecule has 0 aliphatic rings. The van der Waals surface area contributed by atoms with E-state index in [-0.39, 0.29) is 5.03 Å². The summed E-state index contributed by atoms with van der Waals surface area (Å²) >= 11 is 2.42. The van der Waals surface area contributed by atoms with Crippen molar-refractivity contribution in [3.63, 3.8) is 0 Å². The van der Waals surface area contributed by atoms with Gasteiger partial charge in [0.25, 0.3) is 0 Å². The number of nitrogens with zero attached hydrogens (tertiary/aromatic N) is 4. The van der Waals surface area contributed by atoms with Crippen molar-refractivity contribution in [1.82, 2.24) is 19.3 Å². The molecule has 0 aliphatic heterocycles. The Labute approximate surface area is 112 Å². The number of hydrogen-bond donors (Lipinski definition) is 1. The maximum absolute atomic E-state index is 13.6. The highest BCUT2D eigenvalue weighted by Gasteiger charge is 2.11. The standard InChI is InChI=1S/C10H12FN5S2/c1-3-7-14-10(18-16-7)17-8-6(11)5-13-9(15-8)12-4-2/h5H,3-4H2,1-2H3,(H,12,13,15). The smallest absolute Gasteiger partial charge is 0.223 e. The lowest BCUT2D eigenvalue weighted by atomic mass is 10.5. The number of anilines is 1. The van der Waals surface area contributed by atoms with Gasteiger partial charge in [-0.05, 0) is 30.2 Å². The van der Waals surface area contributed by atoms with Crippen LogP contribution in [0, 0.1) is 5.82 Å². The van der Waals surface area contributed by atoms with E-state index in [2.05, 4.69) is 24.6 Å². The normalized spacial score (nSPS) is 10.6. The molecule has 0 unspecified atom stereocenters. The third-order valence-electron chi connectivity index (χ3n) is 2.00. The summed E-state index contributed by atoms with van der Waals surface area (Å²) in [5, 5.41) is 3.21.